The van der Waals surface area contributed by atoms with Gasteiger partial charge in [0.2, 0.25) is 0 Å². The first-order chi connectivity index (χ1) is 7.54. The van der Waals surface area contributed by atoms with E-state index in [-0.39, 0.29) is 0 Å². The third-order valence-corrected chi connectivity index (χ3v) is 3.08. The molecule has 0 aromatic heterocycles. The van der Waals surface area contributed by atoms with E-state index in [1.807, 2.05) is 6.92 Å². The van der Waals surface area contributed by atoms with E-state index in [1.54, 1.807) is 12.1 Å². The monoisotopic (exact) mass is 244 g/mol. The Morgan fingerprint density at radius 2 is 1.75 bits per heavy atom. The second kappa shape index (κ2) is 5.86. The van der Waals surface area contributed by atoms with E-state index < -0.39 is 9.84 Å². The van der Waals surface area contributed by atoms with Crippen molar-refractivity contribution < 1.29 is 17.9 Å². The van der Waals surface area contributed by atoms with Gasteiger partial charge in [0.05, 0.1) is 11.5 Å². The molecular weight excluding hydrogens is 228 g/mol. The van der Waals surface area contributed by atoms with Crippen LogP contribution in [0, 0.1) is 0 Å². The fraction of sp³-hybridized carbons (Fsp3) is 0.455. The smallest absolute Gasteiger partial charge is 0.175 e. The maximum atomic E-state index is 11.2. The van der Waals surface area contributed by atoms with Crippen molar-refractivity contribution in [2.45, 2.75) is 11.8 Å². The van der Waals surface area contributed by atoms with Crippen LogP contribution >= 0.6 is 0 Å². The van der Waals surface area contributed by atoms with Crippen LogP contribution in [0.25, 0.3) is 0 Å². The van der Waals surface area contributed by atoms with E-state index in [2.05, 4.69) is 0 Å². The molecule has 0 amide bonds. The molecule has 0 saturated carbocycles. The van der Waals surface area contributed by atoms with E-state index in [0.29, 0.717) is 30.5 Å². The first-order valence-electron chi connectivity index (χ1n) is 5.04. The molecule has 0 radical (unpaired) electrons. The standard InChI is InChI=1S/C11H16O4S/c1-3-14-8-9-15-10-4-6-11(7-5-10)16(2,12)13/h4-7H,3,8-9H2,1-2H3. The van der Waals surface area contributed by atoms with Crippen LogP contribution in [0.5, 0.6) is 5.75 Å². The second-order valence-electron chi connectivity index (χ2n) is 3.29. The molecule has 0 fully saturated rings. The molecule has 1 aromatic carbocycles. The predicted octanol–water partition coefficient (Wildman–Crippen LogP) is 1.51. The maximum Gasteiger partial charge on any atom is 0.175 e. The van der Waals surface area contributed by atoms with Crippen molar-refractivity contribution in [3.05, 3.63) is 24.3 Å². The third kappa shape index (κ3) is 4.20. The molecule has 0 heterocycles. The van der Waals surface area contributed by atoms with Crippen molar-refractivity contribution >= 4 is 9.84 Å². The Morgan fingerprint density at radius 3 is 2.25 bits per heavy atom. The molecule has 0 unspecified atom stereocenters. The summed E-state index contributed by atoms with van der Waals surface area (Å²) in [6, 6.07) is 6.35. The summed E-state index contributed by atoms with van der Waals surface area (Å²) in [4.78, 5) is 0.296. The molecule has 4 nitrogen and oxygen atoms in total. The van der Waals surface area contributed by atoms with Crippen molar-refractivity contribution in [3.63, 3.8) is 0 Å². The maximum absolute atomic E-state index is 11.2. The van der Waals surface area contributed by atoms with Gasteiger partial charge in [-0.25, -0.2) is 8.42 Å². The van der Waals surface area contributed by atoms with Gasteiger partial charge in [0.1, 0.15) is 12.4 Å². The molecular formula is C11H16O4S. The molecule has 0 bridgehead atoms. The molecule has 1 rings (SSSR count). The third-order valence-electron chi connectivity index (χ3n) is 1.95. The zero-order valence-electron chi connectivity index (χ0n) is 9.47. The van der Waals surface area contributed by atoms with Crippen LogP contribution in [-0.4, -0.2) is 34.5 Å². The lowest BCUT2D eigenvalue weighted by Crippen LogP contribution is -2.06. The summed E-state index contributed by atoms with van der Waals surface area (Å²) in [6.45, 7) is 3.58. The van der Waals surface area contributed by atoms with E-state index in [0.717, 1.165) is 0 Å². The minimum absolute atomic E-state index is 0.296. The van der Waals surface area contributed by atoms with Gasteiger partial charge in [-0.15, -0.1) is 0 Å². The fourth-order valence-corrected chi connectivity index (χ4v) is 1.78. The predicted molar refractivity (Wildman–Crippen MR) is 61.5 cm³/mol. The molecule has 0 N–H and O–H groups in total. The Hall–Kier alpha value is -1.07. The van der Waals surface area contributed by atoms with Gasteiger partial charge in [0.25, 0.3) is 0 Å². The summed E-state index contributed by atoms with van der Waals surface area (Å²) >= 11 is 0. The SMILES string of the molecule is CCOCCOc1ccc(S(C)(=O)=O)cc1. The van der Waals surface area contributed by atoms with Crippen LogP contribution in [0.3, 0.4) is 0 Å². The highest BCUT2D eigenvalue weighted by atomic mass is 32.2. The molecule has 0 aliphatic rings. The van der Waals surface area contributed by atoms with Crippen molar-refractivity contribution in [1.82, 2.24) is 0 Å². The highest BCUT2D eigenvalue weighted by Gasteiger charge is 2.05. The topological polar surface area (TPSA) is 52.6 Å². The average Bonchev–Trinajstić information content (AvgIpc) is 2.24. The quantitative estimate of drug-likeness (QED) is 0.712. The molecule has 0 aliphatic carbocycles. The number of rotatable bonds is 6. The summed E-state index contributed by atoms with van der Waals surface area (Å²) < 4.78 is 32.8. The lowest BCUT2D eigenvalue weighted by atomic mass is 10.3. The molecule has 90 valence electrons. The summed E-state index contributed by atoms with van der Waals surface area (Å²) in [5, 5.41) is 0. The molecule has 5 heteroatoms. The highest BCUT2D eigenvalue weighted by Crippen LogP contribution is 2.15. The first-order valence-corrected chi connectivity index (χ1v) is 6.94. The molecule has 1 aromatic rings. The molecule has 16 heavy (non-hydrogen) atoms. The van der Waals surface area contributed by atoms with Crippen LogP contribution in [-0.2, 0) is 14.6 Å². The fourth-order valence-electron chi connectivity index (χ4n) is 1.15. The number of ether oxygens (including phenoxy) is 2. The normalized spacial score (nSPS) is 11.4. The summed E-state index contributed by atoms with van der Waals surface area (Å²) in [6.07, 6.45) is 1.18. The number of benzene rings is 1. The van der Waals surface area contributed by atoms with Crippen LogP contribution in [0.4, 0.5) is 0 Å². The van der Waals surface area contributed by atoms with Crippen molar-refractivity contribution in [3.8, 4) is 5.75 Å². The van der Waals surface area contributed by atoms with Gasteiger partial charge in [-0.1, -0.05) is 0 Å². The van der Waals surface area contributed by atoms with Gasteiger partial charge in [-0.05, 0) is 31.2 Å². The van der Waals surface area contributed by atoms with Crippen LogP contribution in [0.15, 0.2) is 29.2 Å². The summed E-state index contributed by atoms with van der Waals surface area (Å²) in [5.74, 6) is 0.645. The number of hydrogen-bond acceptors (Lipinski definition) is 4. The Bertz CT molecular complexity index is 408. The van der Waals surface area contributed by atoms with Crippen molar-refractivity contribution in [2.75, 3.05) is 26.1 Å². The van der Waals surface area contributed by atoms with Crippen LogP contribution in [0.2, 0.25) is 0 Å². The van der Waals surface area contributed by atoms with E-state index in [9.17, 15) is 8.42 Å². The molecule has 0 spiro atoms. The van der Waals surface area contributed by atoms with Gasteiger partial charge in [-0.3, -0.25) is 0 Å². The van der Waals surface area contributed by atoms with Gasteiger partial charge < -0.3 is 9.47 Å². The number of hydrogen-bond donors (Lipinski definition) is 0. The first kappa shape index (κ1) is 13.0. The zero-order valence-corrected chi connectivity index (χ0v) is 10.3. The van der Waals surface area contributed by atoms with Crippen LogP contribution in [0.1, 0.15) is 6.92 Å². The van der Waals surface area contributed by atoms with Gasteiger partial charge in [-0.2, -0.15) is 0 Å². The Kier molecular flexibility index (Phi) is 4.76. The largest absolute Gasteiger partial charge is 0.491 e. The summed E-state index contributed by atoms with van der Waals surface area (Å²) in [7, 11) is -3.13. The second-order valence-corrected chi connectivity index (χ2v) is 5.30. The van der Waals surface area contributed by atoms with Gasteiger partial charge in [0, 0.05) is 12.9 Å². The molecule has 0 atom stereocenters. The van der Waals surface area contributed by atoms with Gasteiger partial charge in [0.15, 0.2) is 9.84 Å². The van der Waals surface area contributed by atoms with E-state index >= 15 is 0 Å². The van der Waals surface area contributed by atoms with Crippen LogP contribution < -0.4 is 4.74 Å². The average molecular weight is 244 g/mol. The molecule has 0 saturated heterocycles. The highest BCUT2D eigenvalue weighted by molar-refractivity contribution is 7.90. The Morgan fingerprint density at radius 1 is 1.12 bits per heavy atom. The van der Waals surface area contributed by atoms with E-state index in [4.69, 9.17) is 9.47 Å². The summed E-state index contributed by atoms with van der Waals surface area (Å²) in [5.41, 5.74) is 0. The Balaban J connectivity index is 2.52. The number of sulfone groups is 1. The van der Waals surface area contributed by atoms with Crippen molar-refractivity contribution in [1.29, 1.82) is 0 Å². The lowest BCUT2D eigenvalue weighted by Gasteiger charge is -2.06. The minimum Gasteiger partial charge on any atom is -0.491 e. The Labute approximate surface area is 96.1 Å². The van der Waals surface area contributed by atoms with Crippen molar-refractivity contribution in [2.24, 2.45) is 0 Å². The van der Waals surface area contributed by atoms with Gasteiger partial charge >= 0.3 is 0 Å². The zero-order chi connectivity index (χ0) is 12.0. The van der Waals surface area contributed by atoms with E-state index in [1.165, 1.54) is 18.4 Å². The lowest BCUT2D eigenvalue weighted by molar-refractivity contribution is 0.110. The molecule has 0 aliphatic heterocycles. The minimum atomic E-state index is -3.13.